The van der Waals surface area contributed by atoms with Crippen molar-refractivity contribution in [2.45, 2.75) is 19.8 Å². The van der Waals surface area contributed by atoms with Crippen molar-refractivity contribution in [2.75, 3.05) is 38.7 Å². The van der Waals surface area contributed by atoms with Crippen molar-refractivity contribution in [3.63, 3.8) is 0 Å². The number of aromatic nitrogens is 1. The molecule has 23 heavy (non-hydrogen) atoms. The molecule has 1 aromatic rings. The lowest BCUT2D eigenvalue weighted by Gasteiger charge is -2.12. The van der Waals surface area contributed by atoms with Crippen LogP contribution in [0.25, 0.3) is 0 Å². The fourth-order valence-corrected chi connectivity index (χ4v) is 1.71. The van der Waals surface area contributed by atoms with Crippen molar-refractivity contribution in [3.05, 3.63) is 24.5 Å². The van der Waals surface area contributed by atoms with Crippen LogP contribution < -0.4 is 16.0 Å². The van der Waals surface area contributed by atoms with Crippen molar-refractivity contribution < 1.29 is 9.53 Å². The van der Waals surface area contributed by atoms with Crippen LogP contribution in [-0.2, 0) is 9.53 Å². The molecule has 3 N–H and O–H groups in total. The van der Waals surface area contributed by atoms with Gasteiger partial charge in [0.1, 0.15) is 0 Å². The second-order valence-electron chi connectivity index (χ2n) is 4.55. The molecule has 0 aromatic carbocycles. The normalized spacial score (nSPS) is 10.6. The Hall–Kier alpha value is -1.42. The number of nitrogens with zero attached hydrogens (tertiary/aromatic N) is 2. The number of carbonyl (C=O) groups excluding carboxylic acids is 1. The Morgan fingerprint density at radius 1 is 1.35 bits per heavy atom. The van der Waals surface area contributed by atoms with Crippen LogP contribution in [0.2, 0.25) is 0 Å². The zero-order valence-corrected chi connectivity index (χ0v) is 16.0. The third-order valence-corrected chi connectivity index (χ3v) is 2.80. The zero-order valence-electron chi connectivity index (χ0n) is 13.7. The highest BCUT2D eigenvalue weighted by atomic mass is 127. The van der Waals surface area contributed by atoms with Gasteiger partial charge in [-0.1, -0.05) is 0 Å². The summed E-state index contributed by atoms with van der Waals surface area (Å²) in [6, 6.07) is 3.56. The Kier molecular flexibility index (Phi) is 13.3. The number of anilines is 1. The van der Waals surface area contributed by atoms with E-state index >= 15 is 0 Å². The van der Waals surface area contributed by atoms with Gasteiger partial charge in [-0.05, 0) is 31.9 Å². The van der Waals surface area contributed by atoms with E-state index in [1.807, 2.05) is 6.92 Å². The number of pyridine rings is 1. The van der Waals surface area contributed by atoms with Gasteiger partial charge in [0.25, 0.3) is 0 Å². The van der Waals surface area contributed by atoms with E-state index < -0.39 is 0 Å². The number of unbranched alkanes of at least 4 members (excludes halogenated alkanes) is 1. The first-order valence-electron chi connectivity index (χ1n) is 7.48. The third kappa shape index (κ3) is 10.9. The smallest absolute Gasteiger partial charge is 0.243 e. The van der Waals surface area contributed by atoms with E-state index in [4.69, 9.17) is 4.74 Å². The summed E-state index contributed by atoms with van der Waals surface area (Å²) in [5, 5.41) is 8.87. The summed E-state index contributed by atoms with van der Waals surface area (Å²) in [6.07, 6.45) is 5.25. The Morgan fingerprint density at radius 3 is 2.83 bits per heavy atom. The Labute approximate surface area is 154 Å². The summed E-state index contributed by atoms with van der Waals surface area (Å²) in [7, 11) is 1.68. The van der Waals surface area contributed by atoms with Crippen LogP contribution in [0.15, 0.2) is 29.5 Å². The molecule has 1 aromatic heterocycles. The van der Waals surface area contributed by atoms with Crippen molar-refractivity contribution in [3.8, 4) is 0 Å². The minimum Gasteiger partial charge on any atom is -0.382 e. The molecular formula is C15H26IN5O2. The third-order valence-electron chi connectivity index (χ3n) is 2.80. The number of ether oxygens (including phenoxy) is 1. The molecule has 0 saturated carbocycles. The second kappa shape index (κ2) is 14.2. The maximum Gasteiger partial charge on any atom is 0.243 e. The first-order chi connectivity index (χ1) is 10.8. The maximum absolute atomic E-state index is 11.8. The standard InChI is InChI=1S/C15H25N5O2.HI/c1-3-22-10-5-4-9-18-15(16-2)19-12-14(21)20-13-7-6-8-17-11-13;/h6-8,11H,3-5,9-10,12H2,1-2H3,(H,20,21)(H2,16,18,19);1H. The molecule has 0 atom stereocenters. The monoisotopic (exact) mass is 435 g/mol. The van der Waals surface area contributed by atoms with Crippen LogP contribution in [0.1, 0.15) is 19.8 Å². The van der Waals surface area contributed by atoms with E-state index in [1.165, 1.54) is 0 Å². The highest BCUT2D eigenvalue weighted by Crippen LogP contribution is 2.01. The van der Waals surface area contributed by atoms with Crippen LogP contribution in [0.5, 0.6) is 0 Å². The predicted molar refractivity (Wildman–Crippen MR) is 103 cm³/mol. The number of carbonyl (C=O) groups is 1. The lowest BCUT2D eigenvalue weighted by Crippen LogP contribution is -2.41. The van der Waals surface area contributed by atoms with E-state index in [2.05, 4.69) is 25.9 Å². The van der Waals surface area contributed by atoms with E-state index in [1.54, 1.807) is 31.6 Å². The molecule has 1 rings (SSSR count). The molecule has 0 radical (unpaired) electrons. The van der Waals surface area contributed by atoms with Crippen LogP contribution >= 0.6 is 24.0 Å². The van der Waals surface area contributed by atoms with Gasteiger partial charge in [-0.15, -0.1) is 24.0 Å². The summed E-state index contributed by atoms with van der Waals surface area (Å²) >= 11 is 0. The molecule has 0 unspecified atom stereocenters. The van der Waals surface area contributed by atoms with Gasteiger partial charge >= 0.3 is 0 Å². The minimum atomic E-state index is -0.146. The first-order valence-corrected chi connectivity index (χ1v) is 7.48. The van der Waals surface area contributed by atoms with Gasteiger partial charge < -0.3 is 20.7 Å². The van der Waals surface area contributed by atoms with Crippen LogP contribution in [-0.4, -0.2) is 50.2 Å². The summed E-state index contributed by atoms with van der Waals surface area (Å²) in [5.41, 5.74) is 0.674. The molecule has 1 heterocycles. The summed E-state index contributed by atoms with van der Waals surface area (Å²) in [6.45, 7) is 4.45. The first kappa shape index (κ1) is 21.6. The average molecular weight is 435 g/mol. The molecule has 0 bridgehead atoms. The van der Waals surface area contributed by atoms with Gasteiger partial charge in [-0.2, -0.15) is 0 Å². The Morgan fingerprint density at radius 2 is 2.17 bits per heavy atom. The molecule has 0 aliphatic rings. The number of nitrogens with one attached hydrogen (secondary N) is 3. The van der Waals surface area contributed by atoms with E-state index in [0.29, 0.717) is 11.6 Å². The maximum atomic E-state index is 11.8. The number of amides is 1. The number of hydrogen-bond donors (Lipinski definition) is 3. The molecule has 130 valence electrons. The highest BCUT2D eigenvalue weighted by molar-refractivity contribution is 14.0. The fraction of sp³-hybridized carbons (Fsp3) is 0.533. The zero-order chi connectivity index (χ0) is 16.0. The number of aliphatic imine (C=N–C) groups is 1. The summed E-state index contributed by atoms with van der Waals surface area (Å²) < 4.78 is 5.27. The van der Waals surface area contributed by atoms with E-state index in [0.717, 1.165) is 32.6 Å². The van der Waals surface area contributed by atoms with Crippen molar-refractivity contribution in [1.82, 2.24) is 15.6 Å². The SMILES string of the molecule is CCOCCCCNC(=NC)NCC(=O)Nc1cccnc1.I. The lowest BCUT2D eigenvalue weighted by atomic mass is 10.3. The van der Waals surface area contributed by atoms with Gasteiger partial charge in [0.05, 0.1) is 18.4 Å². The van der Waals surface area contributed by atoms with E-state index in [-0.39, 0.29) is 36.4 Å². The van der Waals surface area contributed by atoms with Gasteiger partial charge in [-0.25, -0.2) is 0 Å². The summed E-state index contributed by atoms with van der Waals surface area (Å²) in [4.78, 5) is 19.8. The van der Waals surface area contributed by atoms with E-state index in [9.17, 15) is 4.79 Å². The summed E-state index contributed by atoms with van der Waals surface area (Å²) in [5.74, 6) is 0.463. The largest absolute Gasteiger partial charge is 0.382 e. The number of hydrogen-bond acceptors (Lipinski definition) is 4. The van der Waals surface area contributed by atoms with Crippen LogP contribution in [0, 0.1) is 0 Å². The molecule has 0 fully saturated rings. The van der Waals surface area contributed by atoms with Crippen molar-refractivity contribution in [2.24, 2.45) is 4.99 Å². The van der Waals surface area contributed by atoms with Gasteiger partial charge in [0, 0.05) is 33.0 Å². The molecule has 0 aliphatic heterocycles. The molecule has 0 saturated heterocycles. The highest BCUT2D eigenvalue weighted by Gasteiger charge is 2.04. The lowest BCUT2D eigenvalue weighted by molar-refractivity contribution is -0.115. The van der Waals surface area contributed by atoms with Gasteiger partial charge in [-0.3, -0.25) is 14.8 Å². The average Bonchev–Trinajstić information content (AvgIpc) is 2.54. The van der Waals surface area contributed by atoms with Crippen molar-refractivity contribution >= 4 is 41.5 Å². The quantitative estimate of drug-likeness (QED) is 0.238. The van der Waals surface area contributed by atoms with Gasteiger partial charge in [0.15, 0.2) is 5.96 Å². The number of guanidine groups is 1. The molecule has 0 aliphatic carbocycles. The molecular weight excluding hydrogens is 409 g/mol. The fourth-order valence-electron chi connectivity index (χ4n) is 1.71. The molecule has 8 heteroatoms. The molecule has 7 nitrogen and oxygen atoms in total. The number of rotatable bonds is 9. The van der Waals surface area contributed by atoms with Crippen molar-refractivity contribution in [1.29, 1.82) is 0 Å². The molecule has 0 spiro atoms. The van der Waals surface area contributed by atoms with Crippen LogP contribution in [0.4, 0.5) is 5.69 Å². The topological polar surface area (TPSA) is 87.6 Å². The predicted octanol–water partition coefficient (Wildman–Crippen LogP) is 1.62. The van der Waals surface area contributed by atoms with Gasteiger partial charge in [0.2, 0.25) is 5.91 Å². The molecule has 1 amide bonds. The second-order valence-corrected chi connectivity index (χ2v) is 4.55. The van der Waals surface area contributed by atoms with Crippen LogP contribution in [0.3, 0.4) is 0 Å². The Balaban J connectivity index is 0.00000484. The Bertz CT molecular complexity index is 456. The number of halogens is 1. The minimum absolute atomic E-state index is 0.